The molecule has 7 heteroatoms. The minimum Gasteiger partial charge on any atom is -0.382 e. The summed E-state index contributed by atoms with van der Waals surface area (Å²) >= 11 is 1.52. The molecule has 0 aromatic carbocycles. The molecule has 2 aromatic heterocycles. The fourth-order valence-electron chi connectivity index (χ4n) is 2.07. The highest BCUT2D eigenvalue weighted by molar-refractivity contribution is 7.09. The number of ether oxygens (including phenoxy) is 1. The first-order valence-electron chi connectivity index (χ1n) is 6.87. The van der Waals surface area contributed by atoms with Crippen LogP contribution >= 0.6 is 11.3 Å². The van der Waals surface area contributed by atoms with Crippen molar-refractivity contribution in [1.82, 2.24) is 20.1 Å². The highest BCUT2D eigenvalue weighted by Gasteiger charge is 2.20. The molecule has 0 aliphatic rings. The highest BCUT2D eigenvalue weighted by atomic mass is 32.1. The van der Waals surface area contributed by atoms with E-state index in [1.807, 2.05) is 13.1 Å². The Labute approximate surface area is 128 Å². The molecule has 0 radical (unpaired) electrons. The Kier molecular flexibility index (Phi) is 5.46. The van der Waals surface area contributed by atoms with Gasteiger partial charge in [-0.2, -0.15) is 5.10 Å². The van der Waals surface area contributed by atoms with E-state index in [4.69, 9.17) is 4.74 Å². The average Bonchev–Trinajstić information content (AvgIpc) is 3.08. The number of thiazole rings is 1. The van der Waals surface area contributed by atoms with Crippen molar-refractivity contribution >= 4 is 17.2 Å². The zero-order valence-electron chi connectivity index (χ0n) is 12.5. The monoisotopic (exact) mass is 308 g/mol. The molecular weight excluding hydrogens is 288 g/mol. The fourth-order valence-corrected chi connectivity index (χ4v) is 2.95. The third-order valence-corrected chi connectivity index (χ3v) is 4.01. The smallest absolute Gasteiger partial charge is 0.271 e. The van der Waals surface area contributed by atoms with E-state index in [0.717, 1.165) is 23.5 Å². The summed E-state index contributed by atoms with van der Waals surface area (Å²) < 4.78 is 6.92. The number of amides is 1. The molecule has 1 amide bonds. The van der Waals surface area contributed by atoms with Crippen LogP contribution in [0.1, 0.15) is 40.6 Å². The van der Waals surface area contributed by atoms with Crippen molar-refractivity contribution < 1.29 is 9.53 Å². The molecule has 114 valence electrons. The Morgan fingerprint density at radius 2 is 2.38 bits per heavy atom. The topological polar surface area (TPSA) is 69.0 Å². The van der Waals surface area contributed by atoms with Crippen LogP contribution in [0.3, 0.4) is 0 Å². The Morgan fingerprint density at radius 1 is 1.57 bits per heavy atom. The number of aromatic nitrogens is 3. The molecule has 0 aliphatic heterocycles. The zero-order chi connectivity index (χ0) is 15.2. The van der Waals surface area contributed by atoms with Crippen LogP contribution in [0.4, 0.5) is 0 Å². The summed E-state index contributed by atoms with van der Waals surface area (Å²) in [4.78, 5) is 16.7. The lowest BCUT2D eigenvalue weighted by molar-refractivity contribution is 0.0888. The minimum absolute atomic E-state index is 0.183. The number of rotatable bonds is 7. The zero-order valence-corrected chi connectivity index (χ0v) is 13.3. The van der Waals surface area contributed by atoms with Gasteiger partial charge in [-0.3, -0.25) is 9.48 Å². The van der Waals surface area contributed by atoms with Crippen molar-refractivity contribution in [2.45, 2.75) is 25.8 Å². The average molecular weight is 308 g/mol. The molecule has 2 heterocycles. The number of methoxy groups -OCH3 is 1. The first-order chi connectivity index (χ1) is 10.2. The molecule has 6 nitrogen and oxygen atoms in total. The molecule has 21 heavy (non-hydrogen) atoms. The van der Waals surface area contributed by atoms with E-state index in [1.54, 1.807) is 23.4 Å². The predicted molar refractivity (Wildman–Crippen MR) is 81.4 cm³/mol. The summed E-state index contributed by atoms with van der Waals surface area (Å²) in [6.07, 6.45) is 3.63. The largest absolute Gasteiger partial charge is 0.382 e. The third-order valence-electron chi connectivity index (χ3n) is 3.10. The van der Waals surface area contributed by atoms with Crippen LogP contribution in [0.5, 0.6) is 0 Å². The summed E-state index contributed by atoms with van der Waals surface area (Å²) in [5.41, 5.74) is 1.36. The molecule has 2 aromatic rings. The first-order valence-corrected chi connectivity index (χ1v) is 7.75. The summed E-state index contributed by atoms with van der Waals surface area (Å²) in [6.45, 7) is 2.48. The molecule has 0 saturated carbocycles. The fraction of sp³-hybridized carbons (Fsp3) is 0.500. The van der Waals surface area contributed by atoms with E-state index >= 15 is 0 Å². The number of aryl methyl sites for hydroxylation is 2. The molecule has 0 unspecified atom stereocenters. The van der Waals surface area contributed by atoms with Crippen molar-refractivity contribution in [3.8, 4) is 0 Å². The van der Waals surface area contributed by atoms with Gasteiger partial charge in [-0.1, -0.05) is 6.92 Å². The van der Waals surface area contributed by atoms with Crippen molar-refractivity contribution in [2.75, 3.05) is 13.7 Å². The Hall–Kier alpha value is -1.73. The highest BCUT2D eigenvalue weighted by Crippen LogP contribution is 2.15. The summed E-state index contributed by atoms with van der Waals surface area (Å²) in [5.74, 6) is -0.183. The third kappa shape index (κ3) is 3.89. The van der Waals surface area contributed by atoms with Crippen LogP contribution in [0.2, 0.25) is 0 Å². The Bertz CT molecular complexity index is 593. The number of carbonyl (C=O) groups excluding carboxylic acids is 1. The van der Waals surface area contributed by atoms with Gasteiger partial charge in [0, 0.05) is 25.7 Å². The second-order valence-corrected chi connectivity index (χ2v) is 5.68. The number of nitrogens with one attached hydrogen (secondary N) is 1. The van der Waals surface area contributed by atoms with Gasteiger partial charge in [-0.25, -0.2) is 4.98 Å². The summed E-state index contributed by atoms with van der Waals surface area (Å²) in [6, 6.07) is 1.62. The Morgan fingerprint density at radius 3 is 3.00 bits per heavy atom. The lowest BCUT2D eigenvalue weighted by atomic mass is 10.2. The molecule has 0 aliphatic carbocycles. The van der Waals surface area contributed by atoms with Gasteiger partial charge in [0.2, 0.25) is 0 Å². The van der Waals surface area contributed by atoms with E-state index in [1.165, 1.54) is 11.3 Å². The predicted octanol–water partition coefficient (Wildman–Crippen LogP) is 1.95. The first kappa shape index (κ1) is 15.7. The van der Waals surface area contributed by atoms with Gasteiger partial charge in [-0.15, -0.1) is 11.3 Å². The normalized spacial score (nSPS) is 12.3. The SMILES string of the molecule is CCCc1nc(C(=O)N[C@H](COC)c2ccnn2C)cs1. The van der Waals surface area contributed by atoms with Crippen LogP contribution in [0.15, 0.2) is 17.6 Å². The minimum atomic E-state index is -0.244. The summed E-state index contributed by atoms with van der Waals surface area (Å²) in [5, 5.41) is 9.87. The lowest BCUT2D eigenvalue weighted by Crippen LogP contribution is -2.32. The van der Waals surface area contributed by atoms with E-state index in [2.05, 4.69) is 22.3 Å². The number of hydrogen-bond donors (Lipinski definition) is 1. The lowest BCUT2D eigenvalue weighted by Gasteiger charge is -2.17. The standard InChI is InChI=1S/C14H20N4O2S/c1-4-5-13-16-11(9-21-13)14(19)17-10(8-20-3)12-6-7-15-18(12)2/h6-7,9-10H,4-5,8H2,1-3H3,(H,17,19)/t10-/m1/s1. The van der Waals surface area contributed by atoms with Gasteiger partial charge in [0.05, 0.1) is 23.4 Å². The van der Waals surface area contributed by atoms with Crippen LogP contribution in [0.25, 0.3) is 0 Å². The second-order valence-electron chi connectivity index (χ2n) is 4.74. The molecule has 0 fully saturated rings. The Balaban J connectivity index is 2.09. The molecule has 0 bridgehead atoms. The maximum Gasteiger partial charge on any atom is 0.271 e. The van der Waals surface area contributed by atoms with Crippen molar-refractivity contribution in [2.24, 2.45) is 7.05 Å². The molecule has 1 atom stereocenters. The van der Waals surface area contributed by atoms with E-state index < -0.39 is 0 Å². The number of nitrogens with zero attached hydrogens (tertiary/aromatic N) is 3. The number of carbonyl (C=O) groups is 1. The van der Waals surface area contributed by atoms with E-state index in [-0.39, 0.29) is 11.9 Å². The van der Waals surface area contributed by atoms with Gasteiger partial charge in [-0.05, 0) is 18.9 Å². The second kappa shape index (κ2) is 7.33. The van der Waals surface area contributed by atoms with Crippen molar-refractivity contribution in [3.63, 3.8) is 0 Å². The molecular formula is C14H20N4O2S. The maximum absolute atomic E-state index is 12.3. The molecule has 1 N–H and O–H groups in total. The molecule has 0 saturated heterocycles. The van der Waals surface area contributed by atoms with Crippen molar-refractivity contribution in [3.05, 3.63) is 34.0 Å². The van der Waals surface area contributed by atoms with Gasteiger partial charge < -0.3 is 10.1 Å². The van der Waals surface area contributed by atoms with Gasteiger partial charge in [0.15, 0.2) is 0 Å². The van der Waals surface area contributed by atoms with Crippen LogP contribution in [0, 0.1) is 0 Å². The number of hydrogen-bond acceptors (Lipinski definition) is 5. The maximum atomic E-state index is 12.3. The van der Waals surface area contributed by atoms with Crippen LogP contribution in [-0.2, 0) is 18.2 Å². The van der Waals surface area contributed by atoms with Gasteiger partial charge in [0.25, 0.3) is 5.91 Å². The van der Waals surface area contributed by atoms with Gasteiger partial charge >= 0.3 is 0 Å². The molecule has 2 rings (SSSR count). The quantitative estimate of drug-likeness (QED) is 0.849. The van der Waals surface area contributed by atoms with Crippen LogP contribution in [-0.4, -0.2) is 34.4 Å². The van der Waals surface area contributed by atoms with E-state index in [0.29, 0.717) is 12.3 Å². The van der Waals surface area contributed by atoms with E-state index in [9.17, 15) is 4.79 Å². The van der Waals surface area contributed by atoms with Gasteiger partial charge in [0.1, 0.15) is 5.69 Å². The van der Waals surface area contributed by atoms with Crippen LogP contribution < -0.4 is 5.32 Å². The summed E-state index contributed by atoms with van der Waals surface area (Å²) in [7, 11) is 3.45. The van der Waals surface area contributed by atoms with Crippen molar-refractivity contribution in [1.29, 1.82) is 0 Å². The molecule has 0 spiro atoms.